The van der Waals surface area contributed by atoms with Gasteiger partial charge in [-0.25, -0.2) is 4.79 Å². The monoisotopic (exact) mass is 365 g/mol. The number of aliphatic carboxylic acids is 1. The fourth-order valence-electron chi connectivity index (χ4n) is 2.93. The number of ether oxygens (including phenoxy) is 1. The van der Waals surface area contributed by atoms with Gasteiger partial charge in [-0.15, -0.1) is 11.3 Å². The average Bonchev–Trinajstić information content (AvgIpc) is 2.92. The lowest BCUT2D eigenvalue weighted by atomic mass is 9.92. The molecule has 1 aliphatic heterocycles. The molecule has 2 aromatic rings. The summed E-state index contributed by atoms with van der Waals surface area (Å²) >= 11 is 3.11. The topological polar surface area (TPSA) is 75.6 Å². The molecule has 1 fully saturated rings. The number of hydrogen-bond acceptors (Lipinski definition) is 5. The Hall–Kier alpha value is -1.73. The highest BCUT2D eigenvalue weighted by Crippen LogP contribution is 2.34. The molecule has 128 valence electrons. The first-order valence-electron chi connectivity index (χ1n) is 7.67. The molecule has 0 unspecified atom stereocenters. The second-order valence-electron chi connectivity index (χ2n) is 5.87. The molecule has 1 aliphatic rings. The van der Waals surface area contributed by atoms with Crippen molar-refractivity contribution in [3.63, 3.8) is 0 Å². The van der Waals surface area contributed by atoms with E-state index >= 15 is 0 Å². The first kappa shape index (κ1) is 17.1. The normalized spacial score (nSPS) is 16.8. The maximum absolute atomic E-state index is 12.8. The number of carbonyl (C=O) groups excluding carboxylic acids is 1. The SMILES string of the molecule is COc1ccc2sc(C(=O)NC3(C(=O)O)CCSCC3)c(C)c2c1. The summed E-state index contributed by atoms with van der Waals surface area (Å²) in [5, 5.41) is 13.4. The molecule has 1 aromatic carbocycles. The van der Waals surface area contributed by atoms with Crippen LogP contribution in [0.2, 0.25) is 0 Å². The number of carbonyl (C=O) groups is 2. The molecule has 1 amide bonds. The van der Waals surface area contributed by atoms with Crippen LogP contribution in [0.25, 0.3) is 10.1 Å². The van der Waals surface area contributed by atoms with E-state index in [1.165, 1.54) is 11.3 Å². The summed E-state index contributed by atoms with van der Waals surface area (Å²) in [7, 11) is 1.61. The minimum absolute atomic E-state index is 0.304. The van der Waals surface area contributed by atoms with Crippen molar-refractivity contribution in [3.05, 3.63) is 28.6 Å². The van der Waals surface area contributed by atoms with Crippen LogP contribution in [0.1, 0.15) is 28.1 Å². The Balaban J connectivity index is 1.93. The van der Waals surface area contributed by atoms with Crippen molar-refractivity contribution in [2.45, 2.75) is 25.3 Å². The van der Waals surface area contributed by atoms with Gasteiger partial charge in [0.1, 0.15) is 11.3 Å². The largest absolute Gasteiger partial charge is 0.497 e. The van der Waals surface area contributed by atoms with E-state index in [9.17, 15) is 14.7 Å². The first-order valence-corrected chi connectivity index (χ1v) is 9.65. The lowest BCUT2D eigenvalue weighted by Crippen LogP contribution is -2.56. The number of carboxylic acids is 1. The molecule has 0 aliphatic carbocycles. The number of fused-ring (bicyclic) bond motifs is 1. The van der Waals surface area contributed by atoms with E-state index in [-0.39, 0.29) is 5.91 Å². The Morgan fingerprint density at radius 1 is 1.29 bits per heavy atom. The first-order chi connectivity index (χ1) is 11.5. The minimum Gasteiger partial charge on any atom is -0.497 e. The van der Waals surface area contributed by atoms with Gasteiger partial charge in [0.25, 0.3) is 5.91 Å². The van der Waals surface area contributed by atoms with Gasteiger partial charge in [-0.2, -0.15) is 11.8 Å². The zero-order valence-electron chi connectivity index (χ0n) is 13.5. The molecule has 0 radical (unpaired) electrons. The third kappa shape index (κ3) is 2.98. The van der Waals surface area contributed by atoms with Gasteiger partial charge in [0.05, 0.1) is 12.0 Å². The number of nitrogens with one attached hydrogen (secondary N) is 1. The Morgan fingerprint density at radius 3 is 2.62 bits per heavy atom. The van der Waals surface area contributed by atoms with Crippen LogP contribution < -0.4 is 10.1 Å². The van der Waals surface area contributed by atoms with Crippen LogP contribution in [-0.2, 0) is 4.79 Å². The maximum atomic E-state index is 12.8. The Bertz CT molecular complexity index is 793. The number of methoxy groups -OCH3 is 1. The molecule has 3 rings (SSSR count). The zero-order valence-corrected chi connectivity index (χ0v) is 15.2. The maximum Gasteiger partial charge on any atom is 0.329 e. The second-order valence-corrected chi connectivity index (χ2v) is 8.15. The highest BCUT2D eigenvalue weighted by Gasteiger charge is 2.41. The van der Waals surface area contributed by atoms with Gasteiger partial charge >= 0.3 is 5.97 Å². The molecular weight excluding hydrogens is 346 g/mol. The van der Waals surface area contributed by atoms with Crippen LogP contribution in [0.3, 0.4) is 0 Å². The van der Waals surface area contributed by atoms with Gasteiger partial charge in [-0.05, 0) is 60.4 Å². The second kappa shape index (κ2) is 6.64. The van der Waals surface area contributed by atoms with Crippen molar-refractivity contribution in [2.24, 2.45) is 0 Å². The van der Waals surface area contributed by atoms with Gasteiger partial charge in [-0.3, -0.25) is 4.79 Å². The van der Waals surface area contributed by atoms with Gasteiger partial charge in [0.2, 0.25) is 0 Å². The van der Waals surface area contributed by atoms with E-state index in [2.05, 4.69) is 5.32 Å². The minimum atomic E-state index is -1.15. The summed E-state index contributed by atoms with van der Waals surface area (Å²) in [6.45, 7) is 1.89. The van der Waals surface area contributed by atoms with Crippen LogP contribution in [0, 0.1) is 6.92 Å². The molecule has 1 saturated heterocycles. The molecule has 0 bridgehead atoms. The number of thiophene rings is 1. The Morgan fingerprint density at radius 2 is 2.00 bits per heavy atom. The van der Waals surface area contributed by atoms with E-state index in [1.54, 1.807) is 18.9 Å². The number of thioether (sulfide) groups is 1. The average molecular weight is 365 g/mol. The molecule has 1 aromatic heterocycles. The molecule has 7 heteroatoms. The third-order valence-electron chi connectivity index (χ3n) is 4.46. The van der Waals surface area contributed by atoms with Gasteiger partial charge < -0.3 is 15.2 Å². The van der Waals surface area contributed by atoms with Crippen molar-refractivity contribution in [3.8, 4) is 5.75 Å². The molecule has 0 spiro atoms. The third-order valence-corrected chi connectivity index (χ3v) is 6.72. The van der Waals surface area contributed by atoms with Crippen molar-refractivity contribution in [1.29, 1.82) is 0 Å². The van der Waals surface area contributed by atoms with E-state index < -0.39 is 11.5 Å². The molecule has 2 heterocycles. The Labute approximate surface area is 148 Å². The van der Waals surface area contributed by atoms with Crippen LogP contribution in [0.15, 0.2) is 18.2 Å². The lowest BCUT2D eigenvalue weighted by molar-refractivity contribution is -0.144. The molecule has 0 saturated carbocycles. The summed E-state index contributed by atoms with van der Waals surface area (Å²) in [5.41, 5.74) is -0.292. The van der Waals surface area contributed by atoms with Crippen molar-refractivity contribution < 1.29 is 19.4 Å². The predicted octanol–water partition coefficient (Wildman–Crippen LogP) is 3.30. The number of hydrogen-bond donors (Lipinski definition) is 2. The molecular formula is C17H19NO4S2. The zero-order chi connectivity index (χ0) is 17.3. The summed E-state index contributed by atoms with van der Waals surface area (Å²) in [6, 6.07) is 5.69. The highest BCUT2D eigenvalue weighted by molar-refractivity contribution is 7.99. The number of rotatable bonds is 4. The molecule has 0 atom stereocenters. The van der Waals surface area contributed by atoms with Crippen LogP contribution in [-0.4, -0.2) is 41.1 Å². The Kier molecular flexibility index (Phi) is 4.73. The standard InChI is InChI=1S/C17H19NO4S2/c1-10-12-9-11(22-2)3-4-13(12)24-14(10)15(19)18-17(16(20)21)5-7-23-8-6-17/h3-4,9H,5-8H2,1-2H3,(H,18,19)(H,20,21). The van der Waals surface area contributed by atoms with E-state index in [1.807, 2.05) is 25.1 Å². The van der Waals surface area contributed by atoms with Gasteiger partial charge in [0.15, 0.2) is 0 Å². The van der Waals surface area contributed by atoms with E-state index in [0.717, 1.165) is 32.9 Å². The van der Waals surface area contributed by atoms with Gasteiger partial charge in [0, 0.05) is 4.70 Å². The van der Waals surface area contributed by atoms with E-state index in [0.29, 0.717) is 17.7 Å². The number of benzene rings is 1. The molecule has 5 nitrogen and oxygen atoms in total. The van der Waals surface area contributed by atoms with Crippen LogP contribution >= 0.6 is 23.1 Å². The molecule has 2 N–H and O–H groups in total. The van der Waals surface area contributed by atoms with Gasteiger partial charge in [-0.1, -0.05) is 0 Å². The lowest BCUT2D eigenvalue weighted by Gasteiger charge is -2.33. The van der Waals surface area contributed by atoms with E-state index in [4.69, 9.17) is 4.74 Å². The highest BCUT2D eigenvalue weighted by atomic mass is 32.2. The van der Waals surface area contributed by atoms with Crippen molar-refractivity contribution in [2.75, 3.05) is 18.6 Å². The van der Waals surface area contributed by atoms with Crippen LogP contribution in [0.5, 0.6) is 5.75 Å². The fraction of sp³-hybridized carbons (Fsp3) is 0.412. The van der Waals surface area contributed by atoms with Crippen molar-refractivity contribution in [1.82, 2.24) is 5.32 Å². The summed E-state index contributed by atoms with van der Waals surface area (Å²) in [5.74, 6) is 0.977. The predicted molar refractivity (Wildman–Crippen MR) is 97.5 cm³/mol. The number of aryl methyl sites for hydroxylation is 1. The summed E-state index contributed by atoms with van der Waals surface area (Å²) in [4.78, 5) is 25.1. The van der Waals surface area contributed by atoms with Crippen LogP contribution in [0.4, 0.5) is 0 Å². The fourth-order valence-corrected chi connectivity index (χ4v) is 5.20. The van der Waals surface area contributed by atoms with Crippen molar-refractivity contribution >= 4 is 45.1 Å². The number of carboxylic acid groups (broad SMARTS) is 1. The smallest absolute Gasteiger partial charge is 0.329 e. The number of amides is 1. The summed E-state index contributed by atoms with van der Waals surface area (Å²) in [6.07, 6.45) is 0.910. The quantitative estimate of drug-likeness (QED) is 0.869. The summed E-state index contributed by atoms with van der Waals surface area (Å²) < 4.78 is 6.23. The molecule has 24 heavy (non-hydrogen) atoms.